The predicted molar refractivity (Wildman–Crippen MR) is 51.1 cm³/mol. The van der Waals surface area contributed by atoms with Gasteiger partial charge in [0.05, 0.1) is 0 Å². The summed E-state index contributed by atoms with van der Waals surface area (Å²) < 4.78 is 0. The third-order valence-electron chi connectivity index (χ3n) is 4.21. The van der Waals surface area contributed by atoms with E-state index in [2.05, 4.69) is 26.1 Å². The number of aliphatic hydroxyl groups is 1. The van der Waals surface area contributed by atoms with Crippen LogP contribution in [0.2, 0.25) is 0 Å². The van der Waals surface area contributed by atoms with E-state index >= 15 is 0 Å². The molecule has 12 heavy (non-hydrogen) atoms. The number of nitrogens with one attached hydrogen (secondary N) is 1. The van der Waals surface area contributed by atoms with Crippen LogP contribution in [0.1, 0.15) is 33.6 Å². The van der Waals surface area contributed by atoms with Crippen LogP contribution < -0.4 is 5.32 Å². The first-order chi connectivity index (χ1) is 5.48. The minimum absolute atomic E-state index is 0.195. The van der Waals surface area contributed by atoms with Crippen LogP contribution in [0.25, 0.3) is 0 Å². The lowest BCUT2D eigenvalue weighted by Gasteiger charge is -2.41. The molecule has 0 aromatic heterocycles. The van der Waals surface area contributed by atoms with Crippen LogP contribution >= 0.6 is 0 Å². The van der Waals surface area contributed by atoms with Gasteiger partial charge in [0, 0.05) is 12.1 Å². The Hall–Kier alpha value is -0.0800. The highest BCUT2D eigenvalue weighted by atomic mass is 16.3. The SMILES string of the molecule is CN[C@]1(C)CC[C@H](CO)C1(C)C. The van der Waals surface area contributed by atoms with Gasteiger partial charge in [-0.05, 0) is 38.1 Å². The van der Waals surface area contributed by atoms with Crippen LogP contribution in [0.3, 0.4) is 0 Å². The molecular formula is C10H21NO. The van der Waals surface area contributed by atoms with Gasteiger partial charge in [0.25, 0.3) is 0 Å². The van der Waals surface area contributed by atoms with E-state index in [1.165, 1.54) is 6.42 Å². The molecule has 1 saturated carbocycles. The molecule has 0 heterocycles. The molecule has 0 spiro atoms. The van der Waals surface area contributed by atoms with Gasteiger partial charge in [-0.15, -0.1) is 0 Å². The molecule has 0 amide bonds. The van der Waals surface area contributed by atoms with Gasteiger partial charge < -0.3 is 10.4 Å². The van der Waals surface area contributed by atoms with E-state index in [-0.39, 0.29) is 11.0 Å². The maximum absolute atomic E-state index is 9.20. The van der Waals surface area contributed by atoms with Crippen molar-refractivity contribution in [3.05, 3.63) is 0 Å². The van der Waals surface area contributed by atoms with Crippen LogP contribution in [-0.4, -0.2) is 24.3 Å². The summed E-state index contributed by atoms with van der Waals surface area (Å²) in [6.07, 6.45) is 2.31. The lowest BCUT2D eigenvalue weighted by molar-refractivity contribution is 0.0890. The van der Waals surface area contributed by atoms with E-state index < -0.39 is 0 Å². The van der Waals surface area contributed by atoms with Crippen LogP contribution in [0.15, 0.2) is 0 Å². The molecule has 2 nitrogen and oxygen atoms in total. The van der Waals surface area contributed by atoms with Crippen LogP contribution in [0, 0.1) is 11.3 Å². The third-order valence-corrected chi connectivity index (χ3v) is 4.21. The molecule has 0 unspecified atom stereocenters. The van der Waals surface area contributed by atoms with Crippen molar-refractivity contribution >= 4 is 0 Å². The number of hydrogen-bond acceptors (Lipinski definition) is 2. The smallest absolute Gasteiger partial charge is 0.0465 e. The largest absolute Gasteiger partial charge is 0.396 e. The summed E-state index contributed by atoms with van der Waals surface area (Å²) in [5.41, 5.74) is 0.400. The highest BCUT2D eigenvalue weighted by Crippen LogP contribution is 2.49. The van der Waals surface area contributed by atoms with Gasteiger partial charge in [0.2, 0.25) is 0 Å². The monoisotopic (exact) mass is 171 g/mol. The summed E-state index contributed by atoms with van der Waals surface area (Å²) in [6, 6.07) is 0. The first kappa shape index (κ1) is 10.0. The highest BCUT2D eigenvalue weighted by molar-refractivity contribution is 5.05. The van der Waals surface area contributed by atoms with Crippen molar-refractivity contribution < 1.29 is 5.11 Å². The maximum atomic E-state index is 9.20. The zero-order chi connectivity index (χ0) is 9.41. The Bertz CT molecular complexity index is 167. The van der Waals surface area contributed by atoms with Gasteiger partial charge in [0.1, 0.15) is 0 Å². The van der Waals surface area contributed by atoms with Gasteiger partial charge >= 0.3 is 0 Å². The van der Waals surface area contributed by atoms with Gasteiger partial charge in [0.15, 0.2) is 0 Å². The molecule has 2 N–H and O–H groups in total. The average molecular weight is 171 g/mol. The van der Waals surface area contributed by atoms with E-state index in [1.54, 1.807) is 0 Å². The fourth-order valence-electron chi connectivity index (χ4n) is 2.36. The summed E-state index contributed by atoms with van der Waals surface area (Å²) in [5, 5.41) is 12.6. The highest BCUT2D eigenvalue weighted by Gasteiger charge is 2.50. The van der Waals surface area contributed by atoms with Crippen molar-refractivity contribution in [3.8, 4) is 0 Å². The summed E-state index contributed by atoms with van der Waals surface area (Å²) >= 11 is 0. The van der Waals surface area contributed by atoms with Gasteiger partial charge in [-0.25, -0.2) is 0 Å². The Kier molecular flexibility index (Phi) is 2.50. The summed E-state index contributed by atoms with van der Waals surface area (Å²) in [6.45, 7) is 7.07. The Morgan fingerprint density at radius 2 is 2.00 bits per heavy atom. The molecule has 0 aromatic rings. The van der Waals surface area contributed by atoms with E-state index in [9.17, 15) is 5.11 Å². The average Bonchev–Trinajstić information content (AvgIpc) is 2.25. The van der Waals surface area contributed by atoms with Crippen molar-refractivity contribution in [1.82, 2.24) is 5.32 Å². The van der Waals surface area contributed by atoms with Crippen LogP contribution in [0.5, 0.6) is 0 Å². The van der Waals surface area contributed by atoms with E-state index in [4.69, 9.17) is 0 Å². The molecule has 0 aliphatic heterocycles. The second-order valence-electron chi connectivity index (χ2n) is 4.72. The van der Waals surface area contributed by atoms with Crippen molar-refractivity contribution in [2.45, 2.75) is 39.2 Å². The number of rotatable bonds is 2. The zero-order valence-electron chi connectivity index (χ0n) is 8.65. The first-order valence-corrected chi connectivity index (χ1v) is 4.77. The number of aliphatic hydroxyl groups excluding tert-OH is 1. The van der Waals surface area contributed by atoms with Crippen molar-refractivity contribution in [2.24, 2.45) is 11.3 Å². The van der Waals surface area contributed by atoms with Crippen molar-refractivity contribution in [3.63, 3.8) is 0 Å². The van der Waals surface area contributed by atoms with E-state index in [1.807, 2.05) is 7.05 Å². The zero-order valence-corrected chi connectivity index (χ0v) is 8.65. The minimum Gasteiger partial charge on any atom is -0.396 e. The molecule has 72 valence electrons. The molecule has 0 aromatic carbocycles. The standard InChI is InChI=1S/C10H21NO/c1-9(2)8(7-12)5-6-10(9,3)11-4/h8,11-12H,5-7H2,1-4H3/t8-,10-/m1/s1. The van der Waals surface area contributed by atoms with Crippen molar-refractivity contribution in [2.75, 3.05) is 13.7 Å². The number of hydrogen-bond donors (Lipinski definition) is 2. The van der Waals surface area contributed by atoms with E-state index in [0.717, 1.165) is 6.42 Å². The van der Waals surface area contributed by atoms with Gasteiger partial charge in [-0.1, -0.05) is 13.8 Å². The minimum atomic E-state index is 0.195. The normalized spacial score (nSPS) is 40.2. The van der Waals surface area contributed by atoms with Crippen LogP contribution in [0.4, 0.5) is 0 Å². The summed E-state index contributed by atoms with van der Waals surface area (Å²) in [5.74, 6) is 0.454. The maximum Gasteiger partial charge on any atom is 0.0465 e. The predicted octanol–water partition coefficient (Wildman–Crippen LogP) is 1.39. The molecule has 2 atom stereocenters. The van der Waals surface area contributed by atoms with Gasteiger partial charge in [-0.3, -0.25) is 0 Å². The Balaban J connectivity index is 2.84. The Labute approximate surface area is 75.4 Å². The molecule has 0 radical (unpaired) electrons. The fourth-order valence-corrected chi connectivity index (χ4v) is 2.36. The lowest BCUT2D eigenvalue weighted by Crippen LogP contribution is -2.50. The molecule has 1 aliphatic rings. The summed E-state index contributed by atoms with van der Waals surface area (Å²) in [4.78, 5) is 0. The molecular weight excluding hydrogens is 150 g/mol. The topological polar surface area (TPSA) is 32.3 Å². The molecule has 1 fully saturated rings. The molecule has 2 heteroatoms. The lowest BCUT2D eigenvalue weighted by atomic mass is 9.71. The first-order valence-electron chi connectivity index (χ1n) is 4.77. The fraction of sp³-hybridized carbons (Fsp3) is 1.00. The molecule has 1 rings (SSSR count). The second-order valence-corrected chi connectivity index (χ2v) is 4.72. The molecule has 0 bridgehead atoms. The van der Waals surface area contributed by atoms with E-state index in [0.29, 0.717) is 12.5 Å². The molecule has 0 saturated heterocycles. The third kappa shape index (κ3) is 1.17. The van der Waals surface area contributed by atoms with Gasteiger partial charge in [-0.2, -0.15) is 0 Å². The van der Waals surface area contributed by atoms with Crippen molar-refractivity contribution in [1.29, 1.82) is 0 Å². The van der Waals surface area contributed by atoms with Crippen LogP contribution in [-0.2, 0) is 0 Å². The Morgan fingerprint density at radius 3 is 2.25 bits per heavy atom. The molecule has 1 aliphatic carbocycles. The second kappa shape index (κ2) is 3.00. The Morgan fingerprint density at radius 1 is 1.42 bits per heavy atom. The summed E-state index contributed by atoms with van der Waals surface area (Å²) in [7, 11) is 2.02. The quantitative estimate of drug-likeness (QED) is 0.658.